The fourth-order valence-corrected chi connectivity index (χ4v) is 3.76. The molecule has 160 valence electrons. The number of benzene rings is 2. The van der Waals surface area contributed by atoms with Gasteiger partial charge in [0.25, 0.3) is 0 Å². The third-order valence-corrected chi connectivity index (χ3v) is 5.33. The minimum Gasteiger partial charge on any atom is -0.466 e. The van der Waals surface area contributed by atoms with E-state index < -0.39 is 17.9 Å². The van der Waals surface area contributed by atoms with Crippen molar-refractivity contribution in [1.29, 1.82) is 0 Å². The van der Waals surface area contributed by atoms with E-state index in [1.807, 2.05) is 12.1 Å². The Bertz CT molecular complexity index is 1040. The fraction of sp³-hybridized carbons (Fsp3) is 0.217. The Morgan fingerprint density at radius 2 is 1.58 bits per heavy atom. The van der Waals surface area contributed by atoms with E-state index in [4.69, 9.17) is 30.5 Å². The van der Waals surface area contributed by atoms with E-state index in [1.54, 1.807) is 47.6 Å². The van der Waals surface area contributed by atoms with Crippen LogP contribution < -0.4 is 9.47 Å². The largest absolute Gasteiger partial charge is 0.466 e. The van der Waals surface area contributed by atoms with Crippen LogP contribution in [0.1, 0.15) is 17.0 Å². The van der Waals surface area contributed by atoms with Gasteiger partial charge in [-0.3, -0.25) is 0 Å². The predicted molar refractivity (Wildman–Crippen MR) is 112 cm³/mol. The van der Waals surface area contributed by atoms with Gasteiger partial charge in [-0.25, -0.2) is 9.59 Å². The normalized spacial score (nSPS) is 15.3. The van der Waals surface area contributed by atoms with Crippen LogP contribution in [0.15, 0.2) is 66.0 Å². The number of hydrogen-bond donors (Lipinski definition) is 0. The van der Waals surface area contributed by atoms with Gasteiger partial charge >= 0.3 is 11.9 Å². The lowest BCUT2D eigenvalue weighted by molar-refractivity contribution is -0.137. The van der Waals surface area contributed by atoms with Crippen LogP contribution in [-0.4, -0.2) is 37.9 Å². The van der Waals surface area contributed by atoms with Crippen molar-refractivity contribution in [2.45, 2.75) is 12.5 Å². The number of fused-ring (bicyclic) bond motifs is 1. The van der Waals surface area contributed by atoms with Crippen LogP contribution in [0.3, 0.4) is 0 Å². The van der Waals surface area contributed by atoms with E-state index in [9.17, 15) is 9.59 Å². The highest BCUT2D eigenvalue weighted by atomic mass is 35.5. The van der Waals surface area contributed by atoms with Crippen molar-refractivity contribution in [3.8, 4) is 11.5 Å². The second-order valence-electron chi connectivity index (χ2n) is 7.00. The van der Waals surface area contributed by atoms with Crippen molar-refractivity contribution in [2.24, 2.45) is 0 Å². The molecule has 0 saturated heterocycles. The maximum absolute atomic E-state index is 12.7. The standard InChI is InChI=1S/C23H20ClNO6/c1-28-22(26)17-11-25(10-14-3-6-16(24)7-4-14)12-18(23(27)29-2)21(17)15-5-8-19-20(9-15)31-13-30-19/h3-9,11-12,21H,10,13H2,1-2H3. The zero-order valence-electron chi connectivity index (χ0n) is 17.0. The highest BCUT2D eigenvalue weighted by Crippen LogP contribution is 2.41. The highest BCUT2D eigenvalue weighted by molar-refractivity contribution is 6.30. The number of nitrogens with zero attached hydrogens (tertiary/aromatic N) is 1. The molecular weight excluding hydrogens is 422 g/mol. The summed E-state index contributed by atoms with van der Waals surface area (Å²) in [6.07, 6.45) is 3.37. The minimum absolute atomic E-state index is 0.123. The summed E-state index contributed by atoms with van der Waals surface area (Å²) in [5.41, 5.74) is 2.24. The van der Waals surface area contributed by atoms with Crippen LogP contribution in [0.25, 0.3) is 0 Å². The fourth-order valence-electron chi connectivity index (χ4n) is 3.63. The molecule has 2 heterocycles. The van der Waals surface area contributed by atoms with Crippen LogP contribution in [-0.2, 0) is 25.6 Å². The first-order valence-electron chi connectivity index (χ1n) is 9.50. The molecule has 0 radical (unpaired) electrons. The Balaban J connectivity index is 1.76. The summed E-state index contributed by atoms with van der Waals surface area (Å²) in [7, 11) is 2.61. The molecule has 0 amide bonds. The van der Waals surface area contributed by atoms with E-state index >= 15 is 0 Å². The molecule has 0 fully saturated rings. The summed E-state index contributed by atoms with van der Waals surface area (Å²) in [5, 5.41) is 0.627. The van der Waals surface area contributed by atoms with Gasteiger partial charge < -0.3 is 23.8 Å². The first-order chi connectivity index (χ1) is 15.0. The van der Waals surface area contributed by atoms with E-state index in [2.05, 4.69) is 0 Å². The van der Waals surface area contributed by atoms with Gasteiger partial charge in [0.1, 0.15) is 0 Å². The summed E-state index contributed by atoms with van der Waals surface area (Å²) in [4.78, 5) is 27.2. The lowest BCUT2D eigenvalue weighted by Crippen LogP contribution is -2.28. The van der Waals surface area contributed by atoms with Crippen molar-refractivity contribution < 1.29 is 28.5 Å². The van der Waals surface area contributed by atoms with Crippen LogP contribution in [0, 0.1) is 0 Å². The van der Waals surface area contributed by atoms with E-state index in [-0.39, 0.29) is 6.79 Å². The number of halogens is 1. The third kappa shape index (κ3) is 4.22. The molecular formula is C23H20ClNO6. The van der Waals surface area contributed by atoms with E-state index in [0.717, 1.165) is 5.56 Å². The van der Waals surface area contributed by atoms with Gasteiger partial charge in [-0.1, -0.05) is 29.8 Å². The molecule has 0 saturated carbocycles. The third-order valence-electron chi connectivity index (χ3n) is 5.08. The quantitative estimate of drug-likeness (QED) is 0.653. The molecule has 4 rings (SSSR count). The summed E-state index contributed by atoms with van der Waals surface area (Å²) in [6, 6.07) is 12.6. The lowest BCUT2D eigenvalue weighted by Gasteiger charge is -2.30. The molecule has 2 aromatic carbocycles. The summed E-state index contributed by atoms with van der Waals surface area (Å²) in [5.74, 6) is -0.613. The molecule has 8 heteroatoms. The predicted octanol–water partition coefficient (Wildman–Crippen LogP) is 3.78. The van der Waals surface area contributed by atoms with Crippen LogP contribution in [0.4, 0.5) is 0 Å². The smallest absolute Gasteiger partial charge is 0.336 e. The Kier molecular flexibility index (Phi) is 5.86. The minimum atomic E-state index is -0.684. The SMILES string of the molecule is COC(=O)C1=CN(Cc2ccc(Cl)cc2)C=C(C(=O)OC)C1c1ccc2c(c1)OCO2. The first-order valence-corrected chi connectivity index (χ1v) is 9.87. The lowest BCUT2D eigenvalue weighted by atomic mass is 9.83. The van der Waals surface area contributed by atoms with Gasteiger partial charge in [0.05, 0.1) is 31.3 Å². The second kappa shape index (κ2) is 8.73. The number of carbonyl (C=O) groups is 2. The first kappa shape index (κ1) is 20.8. The molecule has 0 aliphatic carbocycles. The highest BCUT2D eigenvalue weighted by Gasteiger charge is 2.36. The van der Waals surface area contributed by atoms with Crippen molar-refractivity contribution in [3.05, 3.63) is 82.2 Å². The molecule has 0 unspecified atom stereocenters. The monoisotopic (exact) mass is 441 g/mol. The molecule has 0 bridgehead atoms. The Morgan fingerprint density at radius 3 is 2.19 bits per heavy atom. The van der Waals surface area contributed by atoms with Crippen molar-refractivity contribution >= 4 is 23.5 Å². The maximum atomic E-state index is 12.7. The molecule has 0 spiro atoms. The molecule has 7 nitrogen and oxygen atoms in total. The zero-order valence-corrected chi connectivity index (χ0v) is 17.7. The Labute approximate surface area is 184 Å². The molecule has 2 aliphatic rings. The van der Waals surface area contributed by atoms with Gasteiger partial charge in [0.2, 0.25) is 6.79 Å². The number of hydrogen-bond acceptors (Lipinski definition) is 7. The van der Waals surface area contributed by atoms with Gasteiger partial charge in [-0.2, -0.15) is 0 Å². The topological polar surface area (TPSA) is 74.3 Å². The summed E-state index contributed by atoms with van der Waals surface area (Å²) >= 11 is 5.97. The molecule has 31 heavy (non-hydrogen) atoms. The van der Waals surface area contributed by atoms with Gasteiger partial charge in [0, 0.05) is 24.0 Å². The van der Waals surface area contributed by atoms with Gasteiger partial charge in [-0.05, 0) is 35.4 Å². The van der Waals surface area contributed by atoms with Gasteiger partial charge in [-0.15, -0.1) is 0 Å². The van der Waals surface area contributed by atoms with Crippen molar-refractivity contribution in [3.63, 3.8) is 0 Å². The number of methoxy groups -OCH3 is 2. The summed E-state index contributed by atoms with van der Waals surface area (Å²) < 4.78 is 20.9. The second-order valence-corrected chi connectivity index (χ2v) is 7.43. The van der Waals surface area contributed by atoms with Crippen molar-refractivity contribution in [1.82, 2.24) is 4.90 Å². The molecule has 0 N–H and O–H groups in total. The number of esters is 2. The average molecular weight is 442 g/mol. The Morgan fingerprint density at radius 1 is 0.968 bits per heavy atom. The maximum Gasteiger partial charge on any atom is 0.336 e. The summed E-state index contributed by atoms with van der Waals surface area (Å²) in [6.45, 7) is 0.545. The molecule has 2 aromatic rings. The van der Waals surface area contributed by atoms with E-state index in [0.29, 0.717) is 39.8 Å². The van der Waals surface area contributed by atoms with E-state index in [1.165, 1.54) is 14.2 Å². The van der Waals surface area contributed by atoms with Crippen LogP contribution in [0.5, 0.6) is 11.5 Å². The number of carbonyl (C=O) groups excluding carboxylic acids is 2. The molecule has 0 aromatic heterocycles. The average Bonchev–Trinajstić information content (AvgIpc) is 3.27. The Hall–Kier alpha value is -3.45. The molecule has 2 aliphatic heterocycles. The van der Waals surface area contributed by atoms with Crippen molar-refractivity contribution in [2.75, 3.05) is 21.0 Å². The van der Waals surface area contributed by atoms with Gasteiger partial charge in [0.15, 0.2) is 11.5 Å². The number of ether oxygens (including phenoxy) is 4. The molecule has 0 atom stereocenters. The zero-order chi connectivity index (χ0) is 22.0. The number of rotatable bonds is 5. The van der Waals surface area contributed by atoms with Crippen LogP contribution in [0.2, 0.25) is 5.02 Å². The van der Waals surface area contributed by atoms with Crippen LogP contribution >= 0.6 is 11.6 Å².